The van der Waals surface area contributed by atoms with E-state index in [-0.39, 0.29) is 23.3 Å². The predicted molar refractivity (Wildman–Crippen MR) is 101 cm³/mol. The maximum atomic E-state index is 12.7. The molecule has 0 spiro atoms. The van der Waals surface area contributed by atoms with Gasteiger partial charge < -0.3 is 9.47 Å². The maximum absolute atomic E-state index is 12.7. The van der Waals surface area contributed by atoms with E-state index in [9.17, 15) is 9.59 Å². The molecule has 0 radical (unpaired) electrons. The van der Waals surface area contributed by atoms with Crippen LogP contribution in [0, 0.1) is 17.3 Å². The first kappa shape index (κ1) is 17.8. The Morgan fingerprint density at radius 1 is 0.889 bits per heavy atom. The minimum absolute atomic E-state index is 0.115. The molecule has 0 bridgehead atoms. The molecule has 27 heavy (non-hydrogen) atoms. The van der Waals surface area contributed by atoms with Crippen LogP contribution >= 0.6 is 0 Å². The van der Waals surface area contributed by atoms with Gasteiger partial charge in [-0.15, -0.1) is 0 Å². The Labute approximate surface area is 159 Å². The summed E-state index contributed by atoms with van der Waals surface area (Å²) in [6.07, 6.45) is 0.518. The fourth-order valence-corrected chi connectivity index (χ4v) is 4.74. The first-order chi connectivity index (χ1) is 12.9. The number of hydrogen-bond donors (Lipinski definition) is 0. The van der Waals surface area contributed by atoms with Crippen molar-refractivity contribution < 1.29 is 19.1 Å². The highest BCUT2D eigenvalue weighted by Crippen LogP contribution is 2.70. The second kappa shape index (κ2) is 6.22. The summed E-state index contributed by atoms with van der Waals surface area (Å²) in [5.74, 6) is -0.248. The van der Waals surface area contributed by atoms with Crippen molar-refractivity contribution in [3.05, 3.63) is 71.8 Å². The lowest BCUT2D eigenvalue weighted by molar-refractivity contribution is -0.111. The van der Waals surface area contributed by atoms with E-state index in [1.807, 2.05) is 43.3 Å². The van der Waals surface area contributed by atoms with Gasteiger partial charge >= 0.3 is 11.9 Å². The molecule has 2 aromatic carbocycles. The van der Waals surface area contributed by atoms with Crippen LogP contribution in [0.4, 0.5) is 0 Å². The lowest BCUT2D eigenvalue weighted by Crippen LogP contribution is -2.50. The Hall–Kier alpha value is -2.62. The summed E-state index contributed by atoms with van der Waals surface area (Å²) in [4.78, 5) is 25.4. The van der Waals surface area contributed by atoms with Crippen molar-refractivity contribution in [2.75, 3.05) is 0 Å². The summed E-state index contributed by atoms with van der Waals surface area (Å²) in [6, 6.07) is 17.9. The van der Waals surface area contributed by atoms with E-state index in [0.29, 0.717) is 17.0 Å². The minimum atomic E-state index is -0.852. The quantitative estimate of drug-likeness (QED) is 0.750. The van der Waals surface area contributed by atoms with Crippen LogP contribution in [0.15, 0.2) is 60.7 Å². The van der Waals surface area contributed by atoms with Gasteiger partial charge in [0.1, 0.15) is 11.7 Å². The molecule has 2 saturated carbocycles. The Morgan fingerprint density at radius 2 is 1.41 bits per heavy atom. The molecule has 0 amide bonds. The van der Waals surface area contributed by atoms with Crippen LogP contribution in [0.25, 0.3) is 0 Å². The zero-order valence-electron chi connectivity index (χ0n) is 15.8. The van der Waals surface area contributed by atoms with Crippen LogP contribution < -0.4 is 0 Å². The van der Waals surface area contributed by atoms with Crippen molar-refractivity contribution in [3.8, 4) is 0 Å². The molecule has 2 aliphatic carbocycles. The van der Waals surface area contributed by atoms with Gasteiger partial charge in [0.05, 0.1) is 11.1 Å². The average molecular weight is 364 g/mol. The number of hydrogen-bond acceptors (Lipinski definition) is 4. The zero-order valence-corrected chi connectivity index (χ0v) is 15.8. The summed E-state index contributed by atoms with van der Waals surface area (Å²) < 4.78 is 12.0. The number of esters is 2. The number of fused-ring (bicyclic) bond motifs is 1. The van der Waals surface area contributed by atoms with E-state index in [0.717, 1.165) is 6.42 Å². The summed E-state index contributed by atoms with van der Waals surface area (Å²) in [6.45, 7) is 6.11. The molecule has 2 fully saturated rings. The monoisotopic (exact) mass is 364 g/mol. The summed E-state index contributed by atoms with van der Waals surface area (Å²) in [5, 5.41) is 0. The highest BCUT2D eigenvalue weighted by molar-refractivity contribution is 5.90. The molecule has 0 saturated heterocycles. The second-order valence-electron chi connectivity index (χ2n) is 8.20. The first-order valence-corrected chi connectivity index (χ1v) is 9.40. The molecular weight excluding hydrogens is 340 g/mol. The van der Waals surface area contributed by atoms with E-state index >= 15 is 0 Å². The lowest BCUT2D eigenvalue weighted by Gasteiger charge is -2.38. The summed E-state index contributed by atoms with van der Waals surface area (Å²) >= 11 is 0. The second-order valence-corrected chi connectivity index (χ2v) is 8.20. The molecule has 0 heterocycles. The van der Waals surface area contributed by atoms with E-state index in [2.05, 4.69) is 13.8 Å². The van der Waals surface area contributed by atoms with E-state index in [1.54, 1.807) is 24.3 Å². The molecule has 0 aromatic heterocycles. The Balaban J connectivity index is 1.60. The van der Waals surface area contributed by atoms with Crippen molar-refractivity contribution in [1.82, 2.24) is 0 Å². The van der Waals surface area contributed by atoms with Gasteiger partial charge in [-0.3, -0.25) is 0 Å². The van der Waals surface area contributed by atoms with Crippen LogP contribution in [-0.2, 0) is 9.47 Å². The number of carbonyl (C=O) groups is 2. The van der Waals surface area contributed by atoms with E-state index in [1.165, 1.54) is 0 Å². The van der Waals surface area contributed by atoms with Gasteiger partial charge in [0.15, 0.2) is 0 Å². The average Bonchev–Trinajstić information content (AvgIpc) is 3.34. The largest absolute Gasteiger partial charge is 0.454 e. The number of benzene rings is 2. The molecule has 4 heteroatoms. The van der Waals surface area contributed by atoms with Crippen molar-refractivity contribution in [2.45, 2.75) is 38.9 Å². The summed E-state index contributed by atoms with van der Waals surface area (Å²) in [7, 11) is 0. The van der Waals surface area contributed by atoms with Gasteiger partial charge in [0.25, 0.3) is 0 Å². The SMILES string of the molecule is CC1C2CC2(C)C(OC(=O)c2ccccc2)C1(C)OC(=O)c1ccccc1. The fraction of sp³-hybridized carbons (Fsp3) is 0.391. The van der Waals surface area contributed by atoms with Crippen LogP contribution in [0.3, 0.4) is 0 Å². The number of carbonyl (C=O) groups excluding carboxylic acids is 2. The van der Waals surface area contributed by atoms with Gasteiger partial charge in [-0.05, 0) is 43.5 Å². The fourth-order valence-electron chi connectivity index (χ4n) is 4.74. The maximum Gasteiger partial charge on any atom is 0.338 e. The van der Waals surface area contributed by atoms with Gasteiger partial charge in [-0.2, -0.15) is 0 Å². The Bertz CT molecular complexity index is 862. The number of ether oxygens (including phenoxy) is 2. The minimum Gasteiger partial charge on any atom is -0.454 e. The van der Waals surface area contributed by atoms with Crippen molar-refractivity contribution in [2.24, 2.45) is 17.3 Å². The first-order valence-electron chi connectivity index (χ1n) is 9.40. The molecule has 2 aromatic rings. The van der Waals surface area contributed by atoms with Gasteiger partial charge in [-0.25, -0.2) is 9.59 Å². The molecular formula is C23H24O4. The molecule has 4 rings (SSSR count). The highest BCUT2D eigenvalue weighted by atomic mass is 16.6. The molecule has 5 unspecified atom stereocenters. The topological polar surface area (TPSA) is 52.6 Å². The third-order valence-corrected chi connectivity index (χ3v) is 6.53. The van der Waals surface area contributed by atoms with Crippen LogP contribution in [0.1, 0.15) is 47.9 Å². The summed E-state index contributed by atoms with van der Waals surface area (Å²) in [5.41, 5.74) is 0.0179. The highest BCUT2D eigenvalue weighted by Gasteiger charge is 2.75. The normalized spacial score (nSPS) is 33.8. The predicted octanol–water partition coefficient (Wildman–Crippen LogP) is 4.50. The van der Waals surface area contributed by atoms with E-state index in [4.69, 9.17) is 9.47 Å². The van der Waals surface area contributed by atoms with Crippen molar-refractivity contribution in [1.29, 1.82) is 0 Å². The molecule has 0 aliphatic heterocycles. The smallest absolute Gasteiger partial charge is 0.338 e. The molecule has 4 nitrogen and oxygen atoms in total. The Morgan fingerprint density at radius 3 is 1.96 bits per heavy atom. The van der Waals surface area contributed by atoms with Gasteiger partial charge in [0.2, 0.25) is 0 Å². The van der Waals surface area contributed by atoms with E-state index < -0.39 is 11.7 Å². The zero-order chi connectivity index (χ0) is 19.2. The lowest BCUT2D eigenvalue weighted by atomic mass is 9.85. The third-order valence-electron chi connectivity index (χ3n) is 6.53. The molecule has 2 aliphatic rings. The van der Waals surface area contributed by atoms with Gasteiger partial charge in [0, 0.05) is 11.3 Å². The standard InChI is InChI=1S/C23H24O4/c1-15-18-14-22(18,2)21(26-19(24)16-10-6-4-7-11-16)23(15,3)27-20(25)17-12-8-5-9-13-17/h4-13,15,18,21H,14H2,1-3H3. The molecule has 140 valence electrons. The molecule has 0 N–H and O–H groups in total. The van der Waals surface area contributed by atoms with Crippen LogP contribution in [0.2, 0.25) is 0 Å². The number of rotatable bonds is 4. The Kier molecular flexibility index (Phi) is 4.10. The van der Waals surface area contributed by atoms with Crippen molar-refractivity contribution >= 4 is 11.9 Å². The van der Waals surface area contributed by atoms with Crippen molar-refractivity contribution in [3.63, 3.8) is 0 Å². The van der Waals surface area contributed by atoms with Gasteiger partial charge in [-0.1, -0.05) is 50.2 Å². The van der Waals surface area contributed by atoms with Crippen LogP contribution in [-0.4, -0.2) is 23.6 Å². The third kappa shape index (κ3) is 2.84. The molecule has 5 atom stereocenters. The van der Waals surface area contributed by atoms with Crippen LogP contribution in [0.5, 0.6) is 0 Å².